The maximum atomic E-state index is 11.7. The summed E-state index contributed by atoms with van der Waals surface area (Å²) in [5.74, 6) is -0.268. The minimum atomic E-state index is -0.390. The lowest BCUT2D eigenvalue weighted by Gasteiger charge is -1.99. The lowest BCUT2D eigenvalue weighted by Crippen LogP contribution is -2.03. The van der Waals surface area contributed by atoms with E-state index >= 15 is 0 Å². The van der Waals surface area contributed by atoms with Crippen molar-refractivity contribution in [3.63, 3.8) is 0 Å². The highest BCUT2D eigenvalue weighted by Crippen LogP contribution is 2.24. The van der Waals surface area contributed by atoms with E-state index in [4.69, 9.17) is 4.74 Å². The number of carbonyl (C=O) groups is 1. The van der Waals surface area contributed by atoms with Gasteiger partial charge in [0.2, 0.25) is 5.13 Å². The van der Waals surface area contributed by atoms with Gasteiger partial charge >= 0.3 is 5.97 Å². The number of nitrogens with zero attached hydrogens (tertiary/aromatic N) is 2. The molecule has 0 aliphatic carbocycles. The predicted octanol–water partition coefficient (Wildman–Crippen LogP) is 3.54. The number of phenols is 1. The van der Waals surface area contributed by atoms with Gasteiger partial charge in [0.1, 0.15) is 10.6 Å². The smallest absolute Gasteiger partial charge is 0.350 e. The lowest BCUT2D eigenvalue weighted by atomic mass is 10.2. The standard InChI is InChI=1S/C14H14BrN3O3S/c1-3-21-13(20)12-8(2)17-14(22-12)18-16-7-9-6-10(15)4-5-11(9)19/h4-7,19H,3H2,1-2H3,(H,17,18)/b16-7-. The van der Waals surface area contributed by atoms with Crippen LogP contribution in [0.5, 0.6) is 5.75 Å². The molecular weight excluding hydrogens is 370 g/mol. The summed E-state index contributed by atoms with van der Waals surface area (Å²) < 4.78 is 5.79. The maximum absolute atomic E-state index is 11.7. The zero-order valence-corrected chi connectivity index (χ0v) is 14.4. The summed E-state index contributed by atoms with van der Waals surface area (Å²) in [6.07, 6.45) is 1.47. The van der Waals surface area contributed by atoms with Crippen molar-refractivity contribution in [2.75, 3.05) is 12.0 Å². The van der Waals surface area contributed by atoms with E-state index in [9.17, 15) is 9.90 Å². The van der Waals surface area contributed by atoms with Crippen molar-refractivity contribution in [2.45, 2.75) is 13.8 Å². The number of halogens is 1. The molecule has 0 radical (unpaired) electrons. The number of aryl methyl sites for hydroxylation is 1. The Bertz CT molecular complexity index is 715. The van der Waals surface area contributed by atoms with Gasteiger partial charge < -0.3 is 9.84 Å². The summed E-state index contributed by atoms with van der Waals surface area (Å²) in [6.45, 7) is 3.80. The van der Waals surface area contributed by atoms with Gasteiger partial charge in [-0.2, -0.15) is 5.10 Å². The van der Waals surface area contributed by atoms with E-state index in [2.05, 4.69) is 31.4 Å². The van der Waals surface area contributed by atoms with E-state index in [0.29, 0.717) is 27.9 Å². The molecule has 2 N–H and O–H groups in total. The Morgan fingerprint density at radius 3 is 3.09 bits per heavy atom. The van der Waals surface area contributed by atoms with Crippen molar-refractivity contribution in [3.8, 4) is 5.75 Å². The average molecular weight is 384 g/mol. The molecule has 0 saturated carbocycles. The van der Waals surface area contributed by atoms with Crippen LogP contribution >= 0.6 is 27.3 Å². The molecule has 0 spiro atoms. The molecule has 1 heterocycles. The average Bonchev–Trinajstić information content (AvgIpc) is 2.84. The quantitative estimate of drug-likeness (QED) is 0.468. The van der Waals surface area contributed by atoms with Crippen LogP contribution < -0.4 is 5.43 Å². The van der Waals surface area contributed by atoms with Crippen LogP contribution in [0.3, 0.4) is 0 Å². The molecule has 2 aromatic rings. The van der Waals surface area contributed by atoms with Crippen LogP contribution in [0.4, 0.5) is 5.13 Å². The zero-order valence-electron chi connectivity index (χ0n) is 12.0. The van der Waals surface area contributed by atoms with Crippen LogP contribution in [0, 0.1) is 6.92 Å². The molecule has 116 valence electrons. The van der Waals surface area contributed by atoms with Gasteiger partial charge in [0.15, 0.2) is 0 Å². The number of hydrazone groups is 1. The molecule has 0 saturated heterocycles. The van der Waals surface area contributed by atoms with E-state index in [-0.39, 0.29) is 11.7 Å². The Kier molecular flexibility index (Phi) is 5.51. The van der Waals surface area contributed by atoms with Crippen LogP contribution in [0.25, 0.3) is 0 Å². The van der Waals surface area contributed by atoms with Gasteiger partial charge in [-0.25, -0.2) is 9.78 Å². The fourth-order valence-corrected chi connectivity index (χ4v) is 2.80. The molecule has 1 aromatic heterocycles. The van der Waals surface area contributed by atoms with Crippen molar-refractivity contribution >= 4 is 44.6 Å². The second-order valence-electron chi connectivity index (χ2n) is 4.23. The topological polar surface area (TPSA) is 83.8 Å². The lowest BCUT2D eigenvalue weighted by molar-refractivity contribution is 0.0531. The van der Waals surface area contributed by atoms with Gasteiger partial charge in [0.05, 0.1) is 18.5 Å². The summed E-state index contributed by atoms with van der Waals surface area (Å²) in [6, 6.07) is 5.03. The van der Waals surface area contributed by atoms with Crippen LogP contribution in [0.15, 0.2) is 27.8 Å². The molecule has 0 amide bonds. The van der Waals surface area contributed by atoms with Crippen molar-refractivity contribution in [1.29, 1.82) is 0 Å². The van der Waals surface area contributed by atoms with Crippen molar-refractivity contribution in [1.82, 2.24) is 4.98 Å². The Morgan fingerprint density at radius 1 is 1.59 bits per heavy atom. The number of aromatic nitrogens is 1. The van der Waals surface area contributed by atoms with E-state index < -0.39 is 0 Å². The molecule has 0 fully saturated rings. The van der Waals surface area contributed by atoms with Crippen molar-refractivity contribution < 1.29 is 14.6 Å². The summed E-state index contributed by atoms with van der Waals surface area (Å²) in [7, 11) is 0. The number of thiazole rings is 1. The first-order valence-corrected chi connectivity index (χ1v) is 8.04. The minimum absolute atomic E-state index is 0.122. The van der Waals surface area contributed by atoms with Crippen molar-refractivity contribution in [2.24, 2.45) is 5.10 Å². The van der Waals surface area contributed by atoms with Gasteiger partial charge in [0.25, 0.3) is 0 Å². The summed E-state index contributed by atoms with van der Waals surface area (Å²) >= 11 is 4.49. The number of ether oxygens (including phenoxy) is 1. The molecule has 0 unspecified atom stereocenters. The molecule has 0 aliphatic heterocycles. The number of nitrogens with one attached hydrogen (secondary N) is 1. The second-order valence-corrected chi connectivity index (χ2v) is 6.14. The van der Waals surface area contributed by atoms with Gasteiger partial charge in [-0.1, -0.05) is 27.3 Å². The first-order chi connectivity index (χ1) is 10.5. The van der Waals surface area contributed by atoms with Gasteiger partial charge in [-0.05, 0) is 32.0 Å². The normalized spacial score (nSPS) is 10.9. The molecule has 2 rings (SSSR count). The number of carbonyl (C=O) groups excluding carboxylic acids is 1. The van der Waals surface area contributed by atoms with Crippen LogP contribution in [-0.2, 0) is 4.74 Å². The third-order valence-electron chi connectivity index (χ3n) is 2.61. The minimum Gasteiger partial charge on any atom is -0.507 e. The van der Waals surface area contributed by atoms with E-state index in [1.165, 1.54) is 17.6 Å². The number of esters is 1. The number of hydrogen-bond acceptors (Lipinski definition) is 7. The number of anilines is 1. The Labute approximate surface area is 140 Å². The molecule has 0 bridgehead atoms. The SMILES string of the molecule is CCOC(=O)c1sc(N/N=C\c2cc(Br)ccc2O)nc1C. The number of hydrogen-bond donors (Lipinski definition) is 2. The summed E-state index contributed by atoms with van der Waals surface area (Å²) in [5, 5.41) is 14.2. The van der Waals surface area contributed by atoms with E-state index in [0.717, 1.165) is 4.47 Å². The summed E-state index contributed by atoms with van der Waals surface area (Å²) in [4.78, 5) is 16.4. The number of phenolic OH excluding ortho intramolecular Hbond substituents is 1. The highest BCUT2D eigenvalue weighted by atomic mass is 79.9. The highest BCUT2D eigenvalue weighted by Gasteiger charge is 2.15. The zero-order chi connectivity index (χ0) is 16.1. The highest BCUT2D eigenvalue weighted by molar-refractivity contribution is 9.10. The molecule has 22 heavy (non-hydrogen) atoms. The fourth-order valence-electron chi connectivity index (χ4n) is 1.62. The summed E-state index contributed by atoms with van der Waals surface area (Å²) in [5.41, 5.74) is 3.89. The monoisotopic (exact) mass is 383 g/mol. The molecule has 8 heteroatoms. The third-order valence-corrected chi connectivity index (χ3v) is 4.15. The van der Waals surface area contributed by atoms with E-state index in [1.807, 2.05) is 0 Å². The van der Waals surface area contributed by atoms with Crippen LogP contribution in [0.2, 0.25) is 0 Å². The molecular formula is C14H14BrN3O3S. The van der Waals surface area contributed by atoms with Gasteiger partial charge in [-0.15, -0.1) is 0 Å². The molecule has 0 atom stereocenters. The van der Waals surface area contributed by atoms with Crippen LogP contribution in [-0.4, -0.2) is 28.9 Å². The predicted molar refractivity (Wildman–Crippen MR) is 89.8 cm³/mol. The second kappa shape index (κ2) is 7.37. The first kappa shape index (κ1) is 16.4. The Balaban J connectivity index is 2.08. The first-order valence-electron chi connectivity index (χ1n) is 6.43. The Morgan fingerprint density at radius 2 is 2.36 bits per heavy atom. The Hall–Kier alpha value is -1.93. The molecule has 6 nitrogen and oxygen atoms in total. The molecule has 0 aliphatic rings. The number of aromatic hydroxyl groups is 1. The maximum Gasteiger partial charge on any atom is 0.350 e. The fraction of sp³-hybridized carbons (Fsp3) is 0.214. The largest absolute Gasteiger partial charge is 0.507 e. The number of benzene rings is 1. The third kappa shape index (κ3) is 4.05. The van der Waals surface area contributed by atoms with Crippen molar-refractivity contribution in [3.05, 3.63) is 38.8 Å². The number of rotatable bonds is 5. The van der Waals surface area contributed by atoms with E-state index in [1.54, 1.807) is 32.0 Å². The van der Waals surface area contributed by atoms with Gasteiger partial charge in [0, 0.05) is 10.0 Å². The van der Waals surface area contributed by atoms with Gasteiger partial charge in [-0.3, -0.25) is 5.43 Å². The van der Waals surface area contributed by atoms with Crippen LogP contribution in [0.1, 0.15) is 27.9 Å². The molecule has 1 aromatic carbocycles.